The first-order valence-electron chi connectivity index (χ1n) is 5.73. The highest BCUT2D eigenvalue weighted by Crippen LogP contribution is 2.25. The summed E-state index contributed by atoms with van der Waals surface area (Å²) in [5.41, 5.74) is 7.66. The van der Waals surface area contributed by atoms with Crippen LogP contribution in [0.1, 0.15) is 31.8 Å². The van der Waals surface area contributed by atoms with Crippen LogP contribution in [0.5, 0.6) is 0 Å². The van der Waals surface area contributed by atoms with Crippen LogP contribution in [0.15, 0.2) is 18.5 Å². The molecule has 5 nitrogen and oxygen atoms in total. The normalized spacial score (nSPS) is 13.5. The standard InChI is InChI=1S/C12H18N4O/c1-8(2)16-10-4-5-14-7-9(10)15-12(16)11(6-13)17-3/h4-5,7-8,11H,6,13H2,1-3H3. The number of pyridine rings is 1. The number of hydrogen-bond acceptors (Lipinski definition) is 4. The molecule has 1 unspecified atom stereocenters. The second-order valence-corrected chi connectivity index (χ2v) is 4.26. The van der Waals surface area contributed by atoms with Crippen LogP contribution >= 0.6 is 0 Å². The maximum absolute atomic E-state index is 5.71. The van der Waals surface area contributed by atoms with E-state index in [4.69, 9.17) is 10.5 Å². The van der Waals surface area contributed by atoms with E-state index in [0.29, 0.717) is 12.6 Å². The number of methoxy groups -OCH3 is 1. The van der Waals surface area contributed by atoms with E-state index < -0.39 is 0 Å². The minimum absolute atomic E-state index is 0.176. The predicted molar refractivity (Wildman–Crippen MR) is 66.7 cm³/mol. The number of imidazole rings is 1. The van der Waals surface area contributed by atoms with Crippen LogP contribution in [0, 0.1) is 0 Å². The lowest BCUT2D eigenvalue weighted by atomic mass is 10.3. The molecule has 5 heteroatoms. The van der Waals surface area contributed by atoms with Gasteiger partial charge in [-0.15, -0.1) is 0 Å². The first-order valence-corrected chi connectivity index (χ1v) is 5.73. The SMILES string of the molecule is COC(CN)c1nc2cnccc2n1C(C)C. The van der Waals surface area contributed by atoms with E-state index in [1.54, 1.807) is 19.5 Å². The summed E-state index contributed by atoms with van der Waals surface area (Å²) in [7, 11) is 1.65. The van der Waals surface area contributed by atoms with Gasteiger partial charge in [-0.05, 0) is 19.9 Å². The van der Waals surface area contributed by atoms with Crippen LogP contribution in [-0.4, -0.2) is 28.2 Å². The quantitative estimate of drug-likeness (QED) is 0.873. The van der Waals surface area contributed by atoms with Gasteiger partial charge in [0.25, 0.3) is 0 Å². The lowest BCUT2D eigenvalue weighted by Crippen LogP contribution is -2.19. The van der Waals surface area contributed by atoms with Crippen molar-refractivity contribution in [2.75, 3.05) is 13.7 Å². The van der Waals surface area contributed by atoms with E-state index in [9.17, 15) is 0 Å². The Labute approximate surface area is 101 Å². The zero-order valence-electron chi connectivity index (χ0n) is 10.4. The minimum Gasteiger partial charge on any atom is -0.372 e. The van der Waals surface area contributed by atoms with Crippen molar-refractivity contribution in [2.45, 2.75) is 26.0 Å². The smallest absolute Gasteiger partial charge is 0.140 e. The Morgan fingerprint density at radius 2 is 2.24 bits per heavy atom. The molecule has 2 rings (SSSR count). The van der Waals surface area contributed by atoms with Crippen molar-refractivity contribution in [2.24, 2.45) is 5.73 Å². The van der Waals surface area contributed by atoms with Gasteiger partial charge in [-0.3, -0.25) is 4.98 Å². The topological polar surface area (TPSA) is 66.0 Å². The molecule has 0 spiro atoms. The van der Waals surface area contributed by atoms with Crippen LogP contribution < -0.4 is 5.73 Å². The minimum atomic E-state index is -0.176. The lowest BCUT2D eigenvalue weighted by molar-refractivity contribution is 0.0992. The molecule has 2 N–H and O–H groups in total. The second kappa shape index (κ2) is 4.81. The molecule has 0 amide bonds. The van der Waals surface area contributed by atoms with E-state index in [-0.39, 0.29) is 6.10 Å². The third kappa shape index (κ3) is 2.03. The lowest BCUT2D eigenvalue weighted by Gasteiger charge is -2.18. The maximum Gasteiger partial charge on any atom is 0.140 e. The number of ether oxygens (including phenoxy) is 1. The van der Waals surface area contributed by atoms with Crippen molar-refractivity contribution in [1.82, 2.24) is 14.5 Å². The van der Waals surface area contributed by atoms with Crippen molar-refractivity contribution in [3.8, 4) is 0 Å². The van der Waals surface area contributed by atoms with Crippen LogP contribution in [0.25, 0.3) is 11.0 Å². The summed E-state index contributed by atoms with van der Waals surface area (Å²) in [6.45, 7) is 4.66. The summed E-state index contributed by atoms with van der Waals surface area (Å²) in [6, 6.07) is 2.27. The molecule has 0 aromatic carbocycles. The van der Waals surface area contributed by atoms with Crippen LogP contribution in [-0.2, 0) is 4.74 Å². The first kappa shape index (κ1) is 12.0. The molecule has 92 valence electrons. The molecule has 2 aromatic rings. The zero-order valence-corrected chi connectivity index (χ0v) is 10.4. The van der Waals surface area contributed by atoms with Crippen LogP contribution in [0.3, 0.4) is 0 Å². The molecular formula is C12H18N4O. The van der Waals surface area contributed by atoms with Crippen molar-refractivity contribution >= 4 is 11.0 Å². The van der Waals surface area contributed by atoms with Crippen LogP contribution in [0.2, 0.25) is 0 Å². The summed E-state index contributed by atoms with van der Waals surface area (Å²) in [5, 5.41) is 0. The van der Waals surface area contributed by atoms with E-state index in [1.165, 1.54) is 0 Å². The Morgan fingerprint density at radius 1 is 1.47 bits per heavy atom. The molecule has 0 aliphatic carbocycles. The van der Waals surface area contributed by atoms with Gasteiger partial charge in [-0.1, -0.05) is 0 Å². The van der Waals surface area contributed by atoms with Crippen molar-refractivity contribution in [3.63, 3.8) is 0 Å². The Bertz CT molecular complexity index is 502. The van der Waals surface area contributed by atoms with E-state index >= 15 is 0 Å². The van der Waals surface area contributed by atoms with Gasteiger partial charge in [0.2, 0.25) is 0 Å². The Balaban J connectivity index is 2.65. The molecule has 2 heterocycles. The van der Waals surface area contributed by atoms with Gasteiger partial charge in [-0.25, -0.2) is 4.98 Å². The molecule has 1 atom stereocenters. The van der Waals surface area contributed by atoms with Gasteiger partial charge in [0.05, 0.1) is 11.7 Å². The van der Waals surface area contributed by atoms with Crippen molar-refractivity contribution in [1.29, 1.82) is 0 Å². The number of fused-ring (bicyclic) bond motifs is 1. The Morgan fingerprint density at radius 3 is 2.82 bits per heavy atom. The molecule has 0 saturated carbocycles. The van der Waals surface area contributed by atoms with Crippen LogP contribution in [0.4, 0.5) is 0 Å². The average molecular weight is 234 g/mol. The highest BCUT2D eigenvalue weighted by Gasteiger charge is 2.20. The number of hydrogen-bond donors (Lipinski definition) is 1. The molecule has 0 aliphatic heterocycles. The van der Waals surface area contributed by atoms with Gasteiger partial charge in [0.1, 0.15) is 17.4 Å². The average Bonchev–Trinajstić information content (AvgIpc) is 2.69. The second-order valence-electron chi connectivity index (χ2n) is 4.26. The van der Waals surface area contributed by atoms with E-state index in [2.05, 4.69) is 28.4 Å². The van der Waals surface area contributed by atoms with E-state index in [0.717, 1.165) is 16.9 Å². The summed E-state index contributed by atoms with van der Waals surface area (Å²) < 4.78 is 7.53. The monoisotopic (exact) mass is 234 g/mol. The maximum atomic E-state index is 5.71. The zero-order chi connectivity index (χ0) is 12.4. The van der Waals surface area contributed by atoms with Crippen molar-refractivity contribution in [3.05, 3.63) is 24.3 Å². The van der Waals surface area contributed by atoms with Gasteiger partial charge < -0.3 is 15.0 Å². The molecular weight excluding hydrogens is 216 g/mol. The largest absolute Gasteiger partial charge is 0.372 e. The van der Waals surface area contributed by atoms with Gasteiger partial charge in [-0.2, -0.15) is 0 Å². The summed E-state index contributed by atoms with van der Waals surface area (Å²) in [4.78, 5) is 8.66. The molecule has 0 aliphatic rings. The van der Waals surface area contributed by atoms with Gasteiger partial charge in [0, 0.05) is 25.9 Å². The predicted octanol–water partition coefficient (Wildman–Crippen LogP) is 1.66. The summed E-state index contributed by atoms with van der Waals surface area (Å²) >= 11 is 0. The highest BCUT2D eigenvalue weighted by atomic mass is 16.5. The Kier molecular flexibility index (Phi) is 3.40. The summed E-state index contributed by atoms with van der Waals surface area (Å²) in [5.74, 6) is 0.869. The number of nitrogens with two attached hydrogens (primary N) is 1. The molecule has 0 saturated heterocycles. The molecule has 2 aromatic heterocycles. The third-order valence-electron chi connectivity index (χ3n) is 2.82. The number of nitrogens with zero attached hydrogens (tertiary/aromatic N) is 3. The number of aromatic nitrogens is 3. The first-order chi connectivity index (χ1) is 8.19. The van der Waals surface area contributed by atoms with Crippen molar-refractivity contribution < 1.29 is 4.74 Å². The summed E-state index contributed by atoms with van der Waals surface area (Å²) in [6.07, 6.45) is 3.36. The molecule has 0 radical (unpaired) electrons. The fourth-order valence-corrected chi connectivity index (χ4v) is 2.05. The fraction of sp³-hybridized carbons (Fsp3) is 0.500. The fourth-order valence-electron chi connectivity index (χ4n) is 2.05. The molecule has 17 heavy (non-hydrogen) atoms. The highest BCUT2D eigenvalue weighted by molar-refractivity contribution is 5.75. The van der Waals surface area contributed by atoms with Gasteiger partial charge >= 0.3 is 0 Å². The molecule has 0 fully saturated rings. The van der Waals surface area contributed by atoms with Gasteiger partial charge in [0.15, 0.2) is 0 Å². The van der Waals surface area contributed by atoms with E-state index in [1.807, 2.05) is 6.07 Å². The molecule has 0 bridgehead atoms. The number of rotatable bonds is 4. The Hall–Kier alpha value is -1.46. The third-order valence-corrected chi connectivity index (χ3v) is 2.82.